The molecule has 0 saturated carbocycles. The van der Waals surface area contributed by atoms with Crippen LogP contribution in [0.5, 0.6) is 0 Å². The highest BCUT2D eigenvalue weighted by atomic mass is 127. The van der Waals surface area contributed by atoms with Crippen LogP contribution in [0, 0.1) is 0 Å². The van der Waals surface area contributed by atoms with Gasteiger partial charge in [-0.25, -0.2) is 0 Å². The number of aliphatic imine (C=N–C) groups is 1. The molecule has 3 N–H and O–H groups in total. The third-order valence-electron chi connectivity index (χ3n) is 5.02. The molecule has 1 fully saturated rings. The fraction of sp³-hybridized carbons (Fsp3) is 0.391. The SMILES string of the molecule is CCCC(=O)Nc1cccc(CNC(=NC)NC2CCN(c3ccccc3)C2)c1.I. The average Bonchev–Trinajstić information content (AvgIpc) is 3.21. The zero-order chi connectivity index (χ0) is 20.5. The molecule has 0 radical (unpaired) electrons. The van der Waals surface area contributed by atoms with Crippen molar-refractivity contribution in [3.8, 4) is 0 Å². The van der Waals surface area contributed by atoms with Crippen LogP contribution in [-0.2, 0) is 11.3 Å². The van der Waals surface area contributed by atoms with E-state index in [9.17, 15) is 4.79 Å². The first-order chi connectivity index (χ1) is 14.2. The maximum atomic E-state index is 11.8. The first kappa shape index (κ1) is 24.0. The molecule has 162 valence electrons. The molecule has 0 spiro atoms. The summed E-state index contributed by atoms with van der Waals surface area (Å²) in [5.41, 5.74) is 3.20. The van der Waals surface area contributed by atoms with Gasteiger partial charge >= 0.3 is 0 Å². The van der Waals surface area contributed by atoms with Crippen LogP contribution in [0.3, 0.4) is 0 Å². The molecule has 30 heavy (non-hydrogen) atoms. The number of rotatable bonds is 7. The summed E-state index contributed by atoms with van der Waals surface area (Å²) >= 11 is 0. The molecule has 0 aliphatic carbocycles. The van der Waals surface area contributed by atoms with E-state index in [1.807, 2.05) is 37.3 Å². The number of carbonyl (C=O) groups excluding carboxylic acids is 1. The fourth-order valence-corrected chi connectivity index (χ4v) is 3.53. The third kappa shape index (κ3) is 7.19. The van der Waals surface area contributed by atoms with Gasteiger partial charge in [0.1, 0.15) is 0 Å². The number of para-hydroxylation sites is 1. The number of halogens is 1. The number of nitrogens with one attached hydrogen (secondary N) is 3. The third-order valence-corrected chi connectivity index (χ3v) is 5.02. The Morgan fingerprint density at radius 3 is 2.70 bits per heavy atom. The van der Waals surface area contributed by atoms with Gasteiger partial charge in [0, 0.05) is 50.5 Å². The Bertz CT molecular complexity index is 827. The molecule has 0 aromatic heterocycles. The number of amides is 1. The lowest BCUT2D eigenvalue weighted by atomic mass is 10.2. The van der Waals surface area contributed by atoms with E-state index in [-0.39, 0.29) is 29.9 Å². The van der Waals surface area contributed by atoms with Crippen molar-refractivity contribution in [2.75, 3.05) is 30.4 Å². The highest BCUT2D eigenvalue weighted by Crippen LogP contribution is 2.19. The summed E-state index contributed by atoms with van der Waals surface area (Å²) in [5.74, 6) is 0.852. The summed E-state index contributed by atoms with van der Waals surface area (Å²) in [7, 11) is 1.79. The molecule has 1 atom stereocenters. The van der Waals surface area contributed by atoms with Crippen LogP contribution < -0.4 is 20.9 Å². The van der Waals surface area contributed by atoms with Crippen LogP contribution >= 0.6 is 24.0 Å². The van der Waals surface area contributed by atoms with E-state index in [0.29, 0.717) is 19.0 Å². The minimum absolute atomic E-state index is 0. The van der Waals surface area contributed by atoms with Crippen LogP contribution in [-0.4, -0.2) is 38.0 Å². The normalized spacial score (nSPS) is 16.0. The van der Waals surface area contributed by atoms with Gasteiger partial charge in [0.15, 0.2) is 5.96 Å². The second-order valence-corrected chi connectivity index (χ2v) is 7.34. The lowest BCUT2D eigenvalue weighted by Gasteiger charge is -2.20. The van der Waals surface area contributed by atoms with Crippen molar-refractivity contribution in [2.24, 2.45) is 4.99 Å². The van der Waals surface area contributed by atoms with Crippen LogP contribution in [0.4, 0.5) is 11.4 Å². The van der Waals surface area contributed by atoms with E-state index in [1.165, 1.54) is 5.69 Å². The quantitative estimate of drug-likeness (QED) is 0.293. The Morgan fingerprint density at radius 1 is 1.17 bits per heavy atom. The van der Waals surface area contributed by atoms with Crippen molar-refractivity contribution in [2.45, 2.75) is 38.8 Å². The van der Waals surface area contributed by atoms with Gasteiger partial charge in [0.05, 0.1) is 0 Å². The maximum absolute atomic E-state index is 11.8. The van der Waals surface area contributed by atoms with Gasteiger partial charge in [0.25, 0.3) is 0 Å². The van der Waals surface area contributed by atoms with Crippen LogP contribution in [0.15, 0.2) is 59.6 Å². The Kier molecular flexibility index (Phi) is 9.93. The van der Waals surface area contributed by atoms with Crippen molar-refractivity contribution in [3.63, 3.8) is 0 Å². The maximum Gasteiger partial charge on any atom is 0.224 e. The van der Waals surface area contributed by atoms with E-state index in [0.717, 1.165) is 43.1 Å². The summed E-state index contributed by atoms with van der Waals surface area (Å²) in [6, 6.07) is 18.8. The minimum Gasteiger partial charge on any atom is -0.369 e. The molecule has 1 aliphatic rings. The fourth-order valence-electron chi connectivity index (χ4n) is 3.53. The molecular formula is C23H32IN5O. The molecule has 1 amide bonds. The van der Waals surface area contributed by atoms with Crippen molar-refractivity contribution in [1.82, 2.24) is 10.6 Å². The van der Waals surface area contributed by atoms with Gasteiger partial charge in [-0.05, 0) is 42.7 Å². The van der Waals surface area contributed by atoms with Crippen molar-refractivity contribution < 1.29 is 4.79 Å². The summed E-state index contributed by atoms with van der Waals surface area (Å²) in [6.07, 6.45) is 2.47. The first-order valence-corrected chi connectivity index (χ1v) is 10.3. The smallest absolute Gasteiger partial charge is 0.224 e. The van der Waals surface area contributed by atoms with Crippen molar-refractivity contribution in [3.05, 3.63) is 60.2 Å². The lowest BCUT2D eigenvalue weighted by Crippen LogP contribution is -2.44. The number of hydrogen-bond donors (Lipinski definition) is 3. The van der Waals surface area contributed by atoms with Gasteiger partial charge in [-0.3, -0.25) is 9.79 Å². The summed E-state index contributed by atoms with van der Waals surface area (Å²) in [5, 5.41) is 9.85. The molecule has 1 saturated heterocycles. The molecule has 3 rings (SSSR count). The Balaban J connectivity index is 0.00000320. The largest absolute Gasteiger partial charge is 0.369 e. The second kappa shape index (κ2) is 12.4. The van der Waals surface area contributed by atoms with E-state index >= 15 is 0 Å². The molecule has 0 bridgehead atoms. The standard InChI is InChI=1S/C23H31N5O.HI/c1-3-8-22(29)26-19-10-7-9-18(15-19)16-25-23(24-2)27-20-13-14-28(17-20)21-11-5-4-6-12-21;/h4-7,9-12,15,20H,3,8,13-14,16-17H2,1-2H3,(H,26,29)(H2,24,25,27);1H. The van der Waals surface area contributed by atoms with Crippen LogP contribution in [0.25, 0.3) is 0 Å². The molecule has 6 nitrogen and oxygen atoms in total. The molecule has 1 heterocycles. The zero-order valence-corrected chi connectivity index (χ0v) is 20.1. The van der Waals surface area contributed by atoms with Crippen LogP contribution in [0.2, 0.25) is 0 Å². The monoisotopic (exact) mass is 521 g/mol. The highest BCUT2D eigenvalue weighted by molar-refractivity contribution is 14.0. The van der Waals surface area contributed by atoms with Crippen molar-refractivity contribution in [1.29, 1.82) is 0 Å². The average molecular weight is 521 g/mol. The molecule has 2 aromatic rings. The molecule has 1 unspecified atom stereocenters. The predicted octanol–water partition coefficient (Wildman–Crippen LogP) is 3.99. The minimum atomic E-state index is 0. The van der Waals surface area contributed by atoms with E-state index in [2.05, 4.69) is 50.1 Å². The highest BCUT2D eigenvalue weighted by Gasteiger charge is 2.23. The number of nitrogens with zero attached hydrogens (tertiary/aromatic N) is 2. The number of guanidine groups is 1. The van der Waals surface area contributed by atoms with Gasteiger partial charge in [-0.1, -0.05) is 37.3 Å². The molecule has 2 aromatic carbocycles. The number of anilines is 2. The van der Waals surface area contributed by atoms with Crippen LogP contribution in [0.1, 0.15) is 31.7 Å². The van der Waals surface area contributed by atoms with Gasteiger partial charge in [-0.2, -0.15) is 0 Å². The number of hydrogen-bond acceptors (Lipinski definition) is 3. The topological polar surface area (TPSA) is 68.8 Å². The summed E-state index contributed by atoms with van der Waals surface area (Å²) in [4.78, 5) is 18.6. The molecule has 1 aliphatic heterocycles. The Hall–Kier alpha value is -2.29. The number of benzene rings is 2. The van der Waals surface area contributed by atoms with E-state index in [4.69, 9.17) is 0 Å². The summed E-state index contributed by atoms with van der Waals surface area (Å²) < 4.78 is 0. The molecular weight excluding hydrogens is 489 g/mol. The van der Waals surface area contributed by atoms with Gasteiger partial charge in [0.2, 0.25) is 5.91 Å². The predicted molar refractivity (Wildman–Crippen MR) is 136 cm³/mol. The van der Waals surface area contributed by atoms with Gasteiger partial charge < -0.3 is 20.9 Å². The second-order valence-electron chi connectivity index (χ2n) is 7.34. The number of carbonyl (C=O) groups is 1. The van der Waals surface area contributed by atoms with E-state index < -0.39 is 0 Å². The first-order valence-electron chi connectivity index (χ1n) is 10.3. The zero-order valence-electron chi connectivity index (χ0n) is 17.7. The van der Waals surface area contributed by atoms with E-state index in [1.54, 1.807) is 7.05 Å². The summed E-state index contributed by atoms with van der Waals surface area (Å²) in [6.45, 7) is 4.65. The molecule has 7 heteroatoms. The van der Waals surface area contributed by atoms with Crippen molar-refractivity contribution >= 4 is 47.2 Å². The van der Waals surface area contributed by atoms with Gasteiger partial charge in [-0.15, -0.1) is 24.0 Å². The Labute approximate surface area is 196 Å². The Morgan fingerprint density at radius 2 is 1.97 bits per heavy atom. The lowest BCUT2D eigenvalue weighted by molar-refractivity contribution is -0.116.